The average Bonchev–Trinajstić information content (AvgIpc) is 3.03. The second-order valence-electron chi connectivity index (χ2n) is 8.42. The van der Waals surface area contributed by atoms with Crippen LogP contribution in [0.3, 0.4) is 0 Å². The van der Waals surface area contributed by atoms with Crippen molar-refractivity contribution in [2.75, 3.05) is 26.2 Å². The molecule has 0 unspecified atom stereocenters. The van der Waals surface area contributed by atoms with Crippen molar-refractivity contribution >= 4 is 21.6 Å². The molecule has 2 aliphatic rings. The van der Waals surface area contributed by atoms with Crippen LogP contribution in [0.1, 0.15) is 29.5 Å². The average molecular weight is 434 g/mol. The highest BCUT2D eigenvalue weighted by Crippen LogP contribution is 2.36. The summed E-state index contributed by atoms with van der Waals surface area (Å²) in [5.74, 6) is 0.856. The lowest BCUT2D eigenvalue weighted by atomic mass is 9.92. The van der Waals surface area contributed by atoms with Gasteiger partial charge in [-0.1, -0.05) is 17.7 Å². The Morgan fingerprint density at radius 1 is 1.10 bits per heavy atom. The maximum Gasteiger partial charge on any atom is 0.243 e. The van der Waals surface area contributed by atoms with Crippen molar-refractivity contribution in [2.45, 2.75) is 38.1 Å². The van der Waals surface area contributed by atoms with E-state index >= 15 is 0 Å². The molecule has 7 heteroatoms. The molecule has 2 saturated heterocycles. The Labute approximate surface area is 178 Å². The minimum absolute atomic E-state index is 0.397. The van der Waals surface area contributed by atoms with E-state index in [0.717, 1.165) is 43.6 Å². The quantitative estimate of drug-likeness (QED) is 0.734. The molecule has 2 atom stereocenters. The molecule has 0 saturated carbocycles. The highest BCUT2D eigenvalue weighted by atomic mass is 35.5. The van der Waals surface area contributed by atoms with Gasteiger partial charge in [-0.05, 0) is 86.5 Å². The lowest BCUT2D eigenvalue weighted by molar-refractivity contribution is 0.265. The van der Waals surface area contributed by atoms with Gasteiger partial charge in [0.15, 0.2) is 0 Å². The summed E-state index contributed by atoms with van der Waals surface area (Å²) in [5.41, 5.74) is 2.75. The highest BCUT2D eigenvalue weighted by Gasteiger charge is 2.40. The summed E-state index contributed by atoms with van der Waals surface area (Å²) >= 11 is 6.17. The second kappa shape index (κ2) is 8.34. The van der Waals surface area contributed by atoms with Crippen molar-refractivity contribution in [3.63, 3.8) is 0 Å². The number of hydrogen-bond acceptors (Lipinski definition) is 4. The Morgan fingerprint density at radius 2 is 1.79 bits per heavy atom. The summed E-state index contributed by atoms with van der Waals surface area (Å²) in [5, 5.41) is 0.613. The summed E-state index contributed by atoms with van der Waals surface area (Å²) in [6.45, 7) is 7.84. The van der Waals surface area contributed by atoms with Gasteiger partial charge in [-0.3, -0.25) is 9.88 Å². The van der Waals surface area contributed by atoms with Gasteiger partial charge in [0.25, 0.3) is 0 Å². The summed E-state index contributed by atoms with van der Waals surface area (Å²) in [4.78, 5) is 7.08. The van der Waals surface area contributed by atoms with Gasteiger partial charge >= 0.3 is 0 Å². The van der Waals surface area contributed by atoms with E-state index in [0.29, 0.717) is 34.8 Å². The molecule has 2 fully saturated rings. The Balaban J connectivity index is 1.44. The Kier molecular flexibility index (Phi) is 5.98. The number of aryl methyl sites for hydroxylation is 2. The first kappa shape index (κ1) is 20.8. The summed E-state index contributed by atoms with van der Waals surface area (Å²) in [6, 6.07) is 7.57. The van der Waals surface area contributed by atoms with Crippen LogP contribution in [0, 0.1) is 25.7 Å². The number of hydrogen-bond donors (Lipinski definition) is 0. The lowest BCUT2D eigenvalue weighted by Gasteiger charge is -2.22. The first-order valence-corrected chi connectivity index (χ1v) is 12.0. The van der Waals surface area contributed by atoms with Gasteiger partial charge in [-0.15, -0.1) is 0 Å². The van der Waals surface area contributed by atoms with Gasteiger partial charge in [-0.25, -0.2) is 8.42 Å². The fourth-order valence-electron chi connectivity index (χ4n) is 4.63. The SMILES string of the molecule is Cc1cc(S(=O)(=O)N2C[C@H]3CCN(Cc4cccnc4)CC[C@H]3C2)c(C)cc1Cl. The van der Waals surface area contributed by atoms with E-state index in [1.807, 2.05) is 26.1 Å². The number of rotatable bonds is 4. The van der Waals surface area contributed by atoms with E-state index in [1.54, 1.807) is 22.6 Å². The molecule has 29 heavy (non-hydrogen) atoms. The number of pyridine rings is 1. The third-order valence-corrected chi connectivity index (χ3v) is 8.76. The minimum atomic E-state index is -3.49. The molecule has 0 aliphatic carbocycles. The van der Waals surface area contributed by atoms with Crippen LogP contribution >= 0.6 is 11.6 Å². The molecule has 1 aromatic heterocycles. The van der Waals surface area contributed by atoms with Gasteiger partial charge in [0.05, 0.1) is 4.90 Å². The molecule has 0 N–H and O–H groups in total. The largest absolute Gasteiger partial charge is 0.299 e. The van der Waals surface area contributed by atoms with Crippen LogP contribution in [0.15, 0.2) is 41.6 Å². The van der Waals surface area contributed by atoms with Gasteiger partial charge in [0, 0.05) is 37.1 Å². The number of likely N-dealkylation sites (tertiary alicyclic amines) is 1. The van der Waals surface area contributed by atoms with Crippen LogP contribution in [0.4, 0.5) is 0 Å². The molecule has 2 aliphatic heterocycles. The zero-order valence-corrected chi connectivity index (χ0v) is 18.6. The highest BCUT2D eigenvalue weighted by molar-refractivity contribution is 7.89. The molecular weight excluding hydrogens is 406 g/mol. The second-order valence-corrected chi connectivity index (χ2v) is 10.7. The van der Waals surface area contributed by atoms with Crippen LogP contribution in [0.2, 0.25) is 5.02 Å². The van der Waals surface area contributed by atoms with E-state index in [2.05, 4.69) is 16.0 Å². The van der Waals surface area contributed by atoms with Crippen LogP contribution in [-0.4, -0.2) is 48.8 Å². The zero-order chi connectivity index (χ0) is 20.6. The van der Waals surface area contributed by atoms with Crippen LogP contribution in [0.25, 0.3) is 0 Å². The van der Waals surface area contributed by atoms with Crippen molar-refractivity contribution in [1.29, 1.82) is 0 Å². The molecule has 2 aromatic rings. The van der Waals surface area contributed by atoms with Crippen molar-refractivity contribution in [3.8, 4) is 0 Å². The van der Waals surface area contributed by atoms with Gasteiger partial charge in [-0.2, -0.15) is 4.31 Å². The Bertz CT molecular complexity index is 965. The fourth-order valence-corrected chi connectivity index (χ4v) is 6.70. The lowest BCUT2D eigenvalue weighted by Crippen LogP contribution is -2.31. The molecule has 1 aromatic carbocycles. The van der Waals surface area contributed by atoms with Crippen molar-refractivity contribution in [1.82, 2.24) is 14.2 Å². The van der Waals surface area contributed by atoms with E-state index in [-0.39, 0.29) is 0 Å². The number of halogens is 1. The molecule has 0 amide bonds. The first-order valence-electron chi connectivity index (χ1n) is 10.2. The number of nitrogens with zero attached hydrogens (tertiary/aromatic N) is 3. The number of aromatic nitrogens is 1. The maximum atomic E-state index is 13.3. The van der Waals surface area contributed by atoms with E-state index in [9.17, 15) is 8.42 Å². The number of benzene rings is 1. The van der Waals surface area contributed by atoms with E-state index < -0.39 is 10.0 Å². The first-order chi connectivity index (χ1) is 13.8. The van der Waals surface area contributed by atoms with E-state index in [1.165, 1.54) is 5.56 Å². The molecule has 0 spiro atoms. The predicted molar refractivity (Wildman–Crippen MR) is 115 cm³/mol. The molecule has 4 rings (SSSR count). The van der Waals surface area contributed by atoms with Crippen molar-refractivity contribution < 1.29 is 8.42 Å². The normalized spacial score (nSPS) is 23.7. The van der Waals surface area contributed by atoms with Gasteiger partial charge in [0.1, 0.15) is 0 Å². The predicted octanol–water partition coefficient (Wildman–Crippen LogP) is 3.88. The van der Waals surface area contributed by atoms with Crippen molar-refractivity contribution in [3.05, 3.63) is 58.4 Å². The summed E-state index contributed by atoms with van der Waals surface area (Å²) in [7, 11) is -3.49. The minimum Gasteiger partial charge on any atom is -0.299 e. The third kappa shape index (κ3) is 4.36. The Morgan fingerprint density at radius 3 is 2.41 bits per heavy atom. The number of sulfonamides is 1. The van der Waals surface area contributed by atoms with Crippen molar-refractivity contribution in [2.24, 2.45) is 11.8 Å². The molecule has 3 heterocycles. The Hall–Kier alpha value is -1.47. The maximum absolute atomic E-state index is 13.3. The van der Waals surface area contributed by atoms with Gasteiger partial charge in [0.2, 0.25) is 10.0 Å². The topological polar surface area (TPSA) is 53.5 Å². The zero-order valence-electron chi connectivity index (χ0n) is 17.0. The van der Waals surface area contributed by atoms with Gasteiger partial charge < -0.3 is 0 Å². The molecular formula is C22H28ClN3O2S. The molecule has 156 valence electrons. The smallest absolute Gasteiger partial charge is 0.243 e. The van der Waals surface area contributed by atoms with Crippen LogP contribution in [-0.2, 0) is 16.6 Å². The van der Waals surface area contributed by atoms with E-state index in [4.69, 9.17) is 11.6 Å². The standard InChI is InChI=1S/C22H28ClN3O2S/c1-16-11-22(17(2)10-21(16)23)29(27,28)26-14-19-5-8-25(9-6-20(19)15-26)13-18-4-3-7-24-12-18/h3-4,7,10-12,19-20H,5-6,8-9,13-15H2,1-2H3/t19-,20+. The molecule has 0 radical (unpaired) electrons. The number of fused-ring (bicyclic) bond motifs is 1. The fraction of sp³-hybridized carbons (Fsp3) is 0.500. The summed E-state index contributed by atoms with van der Waals surface area (Å²) < 4.78 is 28.3. The van der Waals surface area contributed by atoms with Crippen LogP contribution < -0.4 is 0 Å². The van der Waals surface area contributed by atoms with Crippen LogP contribution in [0.5, 0.6) is 0 Å². The molecule has 0 bridgehead atoms. The summed E-state index contributed by atoms with van der Waals surface area (Å²) in [6.07, 6.45) is 5.80. The third-order valence-electron chi connectivity index (χ3n) is 6.38. The monoisotopic (exact) mass is 433 g/mol. The molecule has 5 nitrogen and oxygen atoms in total.